The van der Waals surface area contributed by atoms with Crippen LogP contribution >= 0.6 is 11.6 Å². The molecule has 1 aliphatic rings. The monoisotopic (exact) mass is 613 g/mol. The lowest BCUT2D eigenvalue weighted by Gasteiger charge is -2.28. The number of aliphatic hydroxyl groups excluding tert-OH is 2. The second kappa shape index (κ2) is 11.4. The molecule has 1 saturated heterocycles. The zero-order valence-electron chi connectivity index (χ0n) is 21.3. The van der Waals surface area contributed by atoms with Gasteiger partial charge in [0.15, 0.2) is 17.7 Å². The van der Waals surface area contributed by atoms with E-state index in [4.69, 9.17) is 26.8 Å². The number of tetrazole rings is 1. The minimum Gasteiger partial charge on any atom is -0.479 e. The number of H-pyrrole nitrogens is 1. The zero-order chi connectivity index (χ0) is 30.2. The number of benzene rings is 1. The van der Waals surface area contributed by atoms with Crippen LogP contribution in [0.4, 0.5) is 19.0 Å². The molecule has 6 N–H and O–H groups in total. The van der Waals surface area contributed by atoms with E-state index in [1.54, 1.807) is 0 Å². The van der Waals surface area contributed by atoms with Crippen LogP contribution in [0, 0.1) is 0 Å². The molecule has 5 atom stereocenters. The van der Waals surface area contributed by atoms with Gasteiger partial charge in [0.2, 0.25) is 16.7 Å². The summed E-state index contributed by atoms with van der Waals surface area (Å²) < 4.78 is 51.6. The minimum absolute atomic E-state index is 0.0145. The van der Waals surface area contributed by atoms with Crippen LogP contribution in [0.3, 0.4) is 0 Å². The molecule has 0 saturated carbocycles. The lowest BCUT2D eigenvalue weighted by molar-refractivity contribution is -0.179. The summed E-state index contributed by atoms with van der Waals surface area (Å²) in [4.78, 5) is 24.5. The highest BCUT2D eigenvalue weighted by Crippen LogP contribution is 2.36. The number of hydrogen-bond acceptors (Lipinski definition) is 12. The Morgan fingerprint density at radius 2 is 1.93 bits per heavy atom. The predicted octanol–water partition coefficient (Wildman–Crippen LogP) is 1.23. The Balaban J connectivity index is 1.32. The maximum Gasteiger partial charge on any atom is 0.416 e. The van der Waals surface area contributed by atoms with Crippen LogP contribution in [0.25, 0.3) is 11.2 Å². The number of aliphatic carboxylic acids is 1. The topological polar surface area (TPSA) is 220 Å². The third-order valence-corrected chi connectivity index (χ3v) is 7.02. The first-order valence-electron chi connectivity index (χ1n) is 12.4. The van der Waals surface area contributed by atoms with E-state index in [0.717, 1.165) is 12.1 Å². The molecule has 1 aromatic carbocycles. The van der Waals surface area contributed by atoms with E-state index in [1.165, 1.54) is 23.0 Å². The first-order chi connectivity index (χ1) is 19.9. The zero-order valence-corrected chi connectivity index (χ0v) is 22.1. The number of rotatable bonds is 10. The van der Waals surface area contributed by atoms with Crippen molar-refractivity contribution in [1.82, 2.24) is 40.1 Å². The largest absolute Gasteiger partial charge is 0.479 e. The summed E-state index contributed by atoms with van der Waals surface area (Å²) >= 11 is 5.90. The van der Waals surface area contributed by atoms with Crippen molar-refractivity contribution in [1.29, 1.82) is 0 Å². The predicted molar refractivity (Wildman–Crippen MR) is 134 cm³/mol. The molecular weight excluding hydrogens is 591 g/mol. The van der Waals surface area contributed by atoms with Gasteiger partial charge in [-0.3, -0.25) is 4.57 Å². The Kier molecular flexibility index (Phi) is 7.99. The van der Waals surface area contributed by atoms with E-state index in [0.29, 0.717) is 5.56 Å². The van der Waals surface area contributed by atoms with Gasteiger partial charge in [-0.15, -0.1) is 10.2 Å². The first kappa shape index (κ1) is 29.5. The van der Waals surface area contributed by atoms with Crippen molar-refractivity contribution in [3.8, 4) is 0 Å². The molecule has 0 spiro atoms. The van der Waals surface area contributed by atoms with Crippen LogP contribution < -0.4 is 5.73 Å². The highest BCUT2D eigenvalue weighted by molar-refractivity contribution is 6.28. The second-order valence-electron chi connectivity index (χ2n) is 9.48. The summed E-state index contributed by atoms with van der Waals surface area (Å²) in [7, 11) is 0. The molecule has 3 aromatic heterocycles. The number of halogens is 4. The maximum absolute atomic E-state index is 12.9. The third-order valence-electron chi connectivity index (χ3n) is 6.85. The van der Waals surface area contributed by atoms with Crippen LogP contribution in [0.2, 0.25) is 5.28 Å². The van der Waals surface area contributed by atoms with Crippen LogP contribution in [-0.2, 0) is 32.5 Å². The Morgan fingerprint density at radius 3 is 2.57 bits per heavy atom. The molecule has 1 aliphatic heterocycles. The fourth-order valence-electron chi connectivity index (χ4n) is 4.67. The van der Waals surface area contributed by atoms with Crippen LogP contribution in [0.15, 0.2) is 30.6 Å². The van der Waals surface area contributed by atoms with Gasteiger partial charge in [-0.05, 0) is 48.6 Å². The number of anilines is 1. The van der Waals surface area contributed by atoms with Gasteiger partial charge in [-0.1, -0.05) is 17.3 Å². The number of nitrogens with two attached hydrogens (primary N) is 1. The van der Waals surface area contributed by atoms with Crippen LogP contribution in [0.1, 0.15) is 36.0 Å². The second-order valence-corrected chi connectivity index (χ2v) is 9.81. The number of aryl methyl sites for hydroxylation is 1. The van der Waals surface area contributed by atoms with Gasteiger partial charge in [0, 0.05) is 0 Å². The highest BCUT2D eigenvalue weighted by Gasteiger charge is 2.49. The number of carbonyl (C=O) groups is 1. The molecule has 19 heteroatoms. The number of alkyl halides is 3. The van der Waals surface area contributed by atoms with Crippen molar-refractivity contribution < 1.29 is 42.8 Å². The fraction of sp³-hybridized carbons (Fsp3) is 0.435. The molecule has 224 valence electrons. The number of carboxylic acids is 1. The van der Waals surface area contributed by atoms with Gasteiger partial charge in [-0.25, -0.2) is 9.78 Å². The summed E-state index contributed by atoms with van der Waals surface area (Å²) in [5.74, 6) is -1.82. The number of carboxylic acid groups (broad SMARTS) is 1. The lowest BCUT2D eigenvalue weighted by atomic mass is 9.93. The Morgan fingerprint density at radius 1 is 1.19 bits per heavy atom. The number of imidazole rings is 1. The Bertz CT molecular complexity index is 1560. The van der Waals surface area contributed by atoms with E-state index in [1.807, 2.05) is 0 Å². The molecule has 0 aliphatic carbocycles. The van der Waals surface area contributed by atoms with E-state index in [2.05, 4.69) is 35.6 Å². The van der Waals surface area contributed by atoms with E-state index >= 15 is 0 Å². The average Bonchev–Trinajstić information content (AvgIpc) is 3.67. The normalized spacial score (nSPS) is 22.4. The number of hydrogen-bond donors (Lipinski definition) is 5. The van der Waals surface area contributed by atoms with Crippen LogP contribution in [-0.4, -0.2) is 86.4 Å². The van der Waals surface area contributed by atoms with Crippen molar-refractivity contribution in [2.24, 2.45) is 0 Å². The van der Waals surface area contributed by atoms with Gasteiger partial charge >= 0.3 is 12.1 Å². The number of aromatic amines is 1. The van der Waals surface area contributed by atoms with Crippen molar-refractivity contribution in [3.63, 3.8) is 0 Å². The van der Waals surface area contributed by atoms with E-state index in [9.17, 15) is 33.3 Å². The summed E-state index contributed by atoms with van der Waals surface area (Å²) in [6.07, 6.45) is -8.63. The molecule has 0 bridgehead atoms. The van der Waals surface area contributed by atoms with Crippen LogP contribution in [0.5, 0.6) is 0 Å². The Labute approximate surface area is 238 Å². The number of aliphatic hydroxyl groups is 2. The molecule has 15 nitrogen and oxygen atoms in total. The Hall–Kier alpha value is -3.97. The summed E-state index contributed by atoms with van der Waals surface area (Å²) in [5, 5.41) is 44.6. The first-order valence-corrected chi connectivity index (χ1v) is 12.7. The van der Waals surface area contributed by atoms with Gasteiger partial charge in [-0.2, -0.15) is 28.4 Å². The third kappa shape index (κ3) is 5.58. The molecule has 1 fully saturated rings. The number of nitrogen functional groups attached to an aromatic ring is 1. The highest BCUT2D eigenvalue weighted by atomic mass is 35.5. The molecular formula is C23H23ClF3N9O6. The van der Waals surface area contributed by atoms with Crippen molar-refractivity contribution in [2.75, 3.05) is 12.3 Å². The lowest BCUT2D eigenvalue weighted by Crippen LogP contribution is -2.44. The number of nitrogens with zero attached hydrogens (tertiary/aromatic N) is 7. The maximum atomic E-state index is 12.9. The number of ether oxygens (including phenoxy) is 2. The molecule has 4 heterocycles. The quantitative estimate of drug-likeness (QED) is 0.159. The molecule has 1 unspecified atom stereocenters. The standard InChI is InChI=1S/C23H23ClF3N9O6/c24-21-30-16(28)13-17(31-21)36(9-29-13)18-15(38)14(37)12(42-18)8-41-22(20(39)40,19-32-34-35-33-19)7-1-2-10-3-5-11(6-4-10)23(25,26)27/h3-6,9,12,14-15,18,37-38H,1-2,7-8H2,(H,39,40)(H2,28,30,31)(H,32,33,34,35)/t12-,14-,15-,18-,22?/m1/s1. The van der Waals surface area contributed by atoms with E-state index < -0.39 is 54.5 Å². The summed E-state index contributed by atoms with van der Waals surface area (Å²) in [6, 6.07) is 4.48. The summed E-state index contributed by atoms with van der Waals surface area (Å²) in [6.45, 7) is -0.541. The SMILES string of the molecule is Nc1nc(Cl)nc2c1ncn2[C@@H]1O[C@H](COC(CCCc2ccc(C(F)(F)F)cc2)(C(=O)O)c2nn[nH]n2)[C@@H](O)[C@H]1O. The molecule has 42 heavy (non-hydrogen) atoms. The van der Waals surface area contributed by atoms with Crippen molar-refractivity contribution >= 4 is 34.6 Å². The van der Waals surface area contributed by atoms with Crippen molar-refractivity contribution in [3.05, 3.63) is 52.8 Å². The number of nitrogens with one attached hydrogen (secondary N) is 1. The molecule has 5 rings (SSSR count). The molecule has 4 aromatic rings. The van der Waals surface area contributed by atoms with Gasteiger partial charge < -0.3 is 30.5 Å². The fourth-order valence-corrected chi connectivity index (χ4v) is 4.84. The minimum atomic E-state index is -4.48. The van der Waals surface area contributed by atoms with Gasteiger partial charge in [0.05, 0.1) is 18.5 Å². The van der Waals surface area contributed by atoms with Gasteiger partial charge in [0.25, 0.3) is 0 Å². The molecule has 0 radical (unpaired) electrons. The number of fused-ring (bicyclic) bond motifs is 1. The van der Waals surface area contributed by atoms with Gasteiger partial charge in [0.1, 0.15) is 23.8 Å². The van der Waals surface area contributed by atoms with E-state index in [-0.39, 0.29) is 47.4 Å². The summed E-state index contributed by atoms with van der Waals surface area (Å²) in [5.41, 5.74) is 3.68. The van der Waals surface area contributed by atoms with Crippen molar-refractivity contribution in [2.45, 2.75) is 55.6 Å². The average molecular weight is 614 g/mol. The smallest absolute Gasteiger partial charge is 0.416 e. The number of aromatic nitrogens is 8. The molecule has 0 amide bonds.